The number of hydrogen-bond donors (Lipinski definition) is 1. The molecule has 9 heteroatoms. The molecule has 0 saturated carbocycles. The largest absolute Gasteiger partial charge is 0.395 e. The summed E-state index contributed by atoms with van der Waals surface area (Å²) in [5.74, 6) is 0.719. The molecule has 0 radical (unpaired) electrons. The van der Waals surface area contributed by atoms with Crippen molar-refractivity contribution in [3.05, 3.63) is 52.8 Å². The molecule has 0 amide bonds. The molecule has 30 heavy (non-hydrogen) atoms. The molecule has 1 saturated heterocycles. The fourth-order valence-corrected chi connectivity index (χ4v) is 3.69. The summed E-state index contributed by atoms with van der Waals surface area (Å²) in [6.45, 7) is 4.71. The Labute approximate surface area is 175 Å². The van der Waals surface area contributed by atoms with Gasteiger partial charge in [-0.25, -0.2) is 15.0 Å². The third-order valence-corrected chi connectivity index (χ3v) is 5.38. The van der Waals surface area contributed by atoms with E-state index >= 15 is 0 Å². The molecule has 1 aromatic carbocycles. The standard InChI is InChI=1S/C21H27N7O2/c1-25(2)21-22-12-16(13-23-21)14-26-5-7-27(8-6-26)17-3-4-18-19(11-17)24-15-28(9-10-29)20(18)30/h3-4,11-13,15,29H,5-10,14H2,1-2H3. The van der Waals surface area contributed by atoms with Crippen LogP contribution in [0.25, 0.3) is 10.9 Å². The molecule has 0 aliphatic carbocycles. The van der Waals surface area contributed by atoms with Crippen LogP contribution < -0.4 is 15.4 Å². The van der Waals surface area contributed by atoms with E-state index in [1.165, 1.54) is 10.9 Å². The predicted octanol–water partition coefficient (Wildman–Crippen LogP) is 0.567. The van der Waals surface area contributed by atoms with Gasteiger partial charge in [0, 0.05) is 70.5 Å². The van der Waals surface area contributed by atoms with E-state index in [9.17, 15) is 4.79 Å². The van der Waals surface area contributed by atoms with Crippen LogP contribution in [0.5, 0.6) is 0 Å². The van der Waals surface area contributed by atoms with Crippen molar-refractivity contribution in [3.8, 4) is 0 Å². The molecule has 0 unspecified atom stereocenters. The van der Waals surface area contributed by atoms with E-state index in [0.717, 1.165) is 49.9 Å². The fraction of sp³-hybridized carbons (Fsp3) is 0.429. The number of nitrogens with zero attached hydrogens (tertiary/aromatic N) is 7. The van der Waals surface area contributed by atoms with Gasteiger partial charge in [0.1, 0.15) is 0 Å². The Morgan fingerprint density at radius 1 is 1.07 bits per heavy atom. The van der Waals surface area contributed by atoms with Gasteiger partial charge in [0.15, 0.2) is 0 Å². The predicted molar refractivity (Wildman–Crippen MR) is 117 cm³/mol. The number of hydrogen-bond acceptors (Lipinski definition) is 8. The van der Waals surface area contributed by atoms with Crippen LogP contribution in [0.4, 0.5) is 11.6 Å². The van der Waals surface area contributed by atoms with Gasteiger partial charge in [-0.05, 0) is 18.2 Å². The Balaban J connectivity index is 1.40. The zero-order valence-corrected chi connectivity index (χ0v) is 17.4. The Morgan fingerprint density at radius 2 is 1.80 bits per heavy atom. The molecule has 3 heterocycles. The van der Waals surface area contributed by atoms with Crippen molar-refractivity contribution in [3.63, 3.8) is 0 Å². The van der Waals surface area contributed by atoms with Crippen LogP contribution in [-0.2, 0) is 13.1 Å². The molecule has 1 aliphatic heterocycles. The molecular weight excluding hydrogens is 382 g/mol. The van der Waals surface area contributed by atoms with E-state index in [0.29, 0.717) is 10.9 Å². The van der Waals surface area contributed by atoms with E-state index in [-0.39, 0.29) is 18.7 Å². The minimum atomic E-state index is -0.118. The quantitative estimate of drug-likeness (QED) is 0.632. The second-order valence-corrected chi connectivity index (χ2v) is 7.72. The smallest absolute Gasteiger partial charge is 0.261 e. The summed E-state index contributed by atoms with van der Waals surface area (Å²) in [6.07, 6.45) is 5.30. The van der Waals surface area contributed by atoms with Crippen molar-refractivity contribution in [2.45, 2.75) is 13.1 Å². The van der Waals surface area contributed by atoms with Gasteiger partial charge in [0.05, 0.1) is 30.4 Å². The average molecular weight is 409 g/mol. The van der Waals surface area contributed by atoms with Crippen LogP contribution in [-0.4, -0.2) is 76.4 Å². The molecule has 0 bridgehead atoms. The van der Waals surface area contributed by atoms with Gasteiger partial charge in [-0.1, -0.05) is 0 Å². The summed E-state index contributed by atoms with van der Waals surface area (Å²) in [7, 11) is 3.86. The van der Waals surface area contributed by atoms with Crippen LogP contribution in [0, 0.1) is 0 Å². The summed E-state index contributed by atoms with van der Waals surface area (Å²) >= 11 is 0. The average Bonchev–Trinajstić information content (AvgIpc) is 2.76. The summed E-state index contributed by atoms with van der Waals surface area (Å²) in [5.41, 5.74) is 2.76. The Bertz CT molecular complexity index is 1060. The highest BCUT2D eigenvalue weighted by Crippen LogP contribution is 2.21. The van der Waals surface area contributed by atoms with E-state index in [2.05, 4.69) is 24.8 Å². The van der Waals surface area contributed by atoms with Crippen molar-refractivity contribution in [1.29, 1.82) is 0 Å². The third-order valence-electron chi connectivity index (χ3n) is 5.38. The van der Waals surface area contributed by atoms with Gasteiger partial charge >= 0.3 is 0 Å². The number of aromatic nitrogens is 4. The number of aliphatic hydroxyl groups excluding tert-OH is 1. The number of anilines is 2. The zero-order valence-electron chi connectivity index (χ0n) is 17.4. The van der Waals surface area contributed by atoms with Gasteiger partial charge in [-0.2, -0.15) is 0 Å². The van der Waals surface area contributed by atoms with Gasteiger partial charge < -0.3 is 14.9 Å². The fourth-order valence-electron chi connectivity index (χ4n) is 3.69. The molecule has 1 fully saturated rings. The van der Waals surface area contributed by atoms with Crippen LogP contribution >= 0.6 is 0 Å². The Hall–Kier alpha value is -3.04. The summed E-state index contributed by atoms with van der Waals surface area (Å²) < 4.78 is 1.44. The first-order valence-electron chi connectivity index (χ1n) is 10.1. The van der Waals surface area contributed by atoms with Gasteiger partial charge in [0.25, 0.3) is 5.56 Å². The first-order chi connectivity index (χ1) is 14.5. The molecule has 3 aromatic rings. The van der Waals surface area contributed by atoms with Crippen LogP contribution in [0.2, 0.25) is 0 Å². The summed E-state index contributed by atoms with van der Waals surface area (Å²) in [4.78, 5) is 32.3. The lowest BCUT2D eigenvalue weighted by Gasteiger charge is -2.36. The molecule has 1 aliphatic rings. The molecule has 4 rings (SSSR count). The highest BCUT2D eigenvalue weighted by Gasteiger charge is 2.18. The van der Waals surface area contributed by atoms with Crippen LogP contribution in [0.1, 0.15) is 5.56 Å². The highest BCUT2D eigenvalue weighted by atomic mass is 16.3. The maximum Gasteiger partial charge on any atom is 0.261 e. The van der Waals surface area contributed by atoms with Crippen LogP contribution in [0.15, 0.2) is 41.7 Å². The van der Waals surface area contributed by atoms with Crippen molar-refractivity contribution in [1.82, 2.24) is 24.4 Å². The lowest BCUT2D eigenvalue weighted by Crippen LogP contribution is -2.46. The molecule has 0 spiro atoms. The van der Waals surface area contributed by atoms with E-state index < -0.39 is 0 Å². The van der Waals surface area contributed by atoms with E-state index in [1.54, 1.807) is 0 Å². The number of rotatable bonds is 6. The van der Waals surface area contributed by atoms with Gasteiger partial charge in [0.2, 0.25) is 5.95 Å². The Morgan fingerprint density at radius 3 is 2.47 bits per heavy atom. The number of aliphatic hydroxyl groups is 1. The summed E-state index contributed by atoms with van der Waals surface area (Å²) in [6, 6.07) is 5.80. The second kappa shape index (κ2) is 8.76. The number of piperazine rings is 1. The molecular formula is C21H27N7O2. The number of fused-ring (bicyclic) bond motifs is 1. The van der Waals surface area contributed by atoms with Gasteiger partial charge in [-0.3, -0.25) is 14.3 Å². The maximum absolute atomic E-state index is 12.5. The third kappa shape index (κ3) is 4.27. The minimum absolute atomic E-state index is 0.0820. The molecule has 1 N–H and O–H groups in total. The van der Waals surface area contributed by atoms with Crippen molar-refractivity contribution < 1.29 is 5.11 Å². The number of benzene rings is 1. The van der Waals surface area contributed by atoms with E-state index in [1.807, 2.05) is 49.6 Å². The highest BCUT2D eigenvalue weighted by molar-refractivity contribution is 5.81. The Kier molecular flexibility index (Phi) is 5.91. The van der Waals surface area contributed by atoms with Gasteiger partial charge in [-0.15, -0.1) is 0 Å². The molecule has 9 nitrogen and oxygen atoms in total. The molecule has 2 aromatic heterocycles. The second-order valence-electron chi connectivity index (χ2n) is 7.72. The normalized spacial score (nSPS) is 15.0. The lowest BCUT2D eigenvalue weighted by atomic mass is 10.2. The zero-order chi connectivity index (χ0) is 21.1. The molecule has 0 atom stereocenters. The molecule has 158 valence electrons. The first-order valence-corrected chi connectivity index (χ1v) is 10.1. The minimum Gasteiger partial charge on any atom is -0.395 e. The van der Waals surface area contributed by atoms with Crippen LogP contribution in [0.3, 0.4) is 0 Å². The maximum atomic E-state index is 12.5. The monoisotopic (exact) mass is 409 g/mol. The van der Waals surface area contributed by atoms with Crippen molar-refractivity contribution >= 4 is 22.5 Å². The van der Waals surface area contributed by atoms with E-state index in [4.69, 9.17) is 5.11 Å². The SMILES string of the molecule is CN(C)c1ncc(CN2CCN(c3ccc4c(=O)n(CCO)cnc4c3)CC2)cn1. The van der Waals surface area contributed by atoms with Crippen molar-refractivity contribution in [2.24, 2.45) is 0 Å². The first kappa shape index (κ1) is 20.2. The topological polar surface area (TPSA) is 90.6 Å². The lowest BCUT2D eigenvalue weighted by molar-refractivity contribution is 0.249. The van der Waals surface area contributed by atoms with Crippen molar-refractivity contribution in [2.75, 3.05) is 56.7 Å². The summed E-state index contributed by atoms with van der Waals surface area (Å²) in [5, 5.41) is 9.65.